The van der Waals surface area contributed by atoms with Crippen molar-refractivity contribution in [2.75, 3.05) is 26.4 Å². The van der Waals surface area contributed by atoms with Gasteiger partial charge in [0.05, 0.1) is 19.8 Å². The van der Waals surface area contributed by atoms with Crippen LogP contribution >= 0.6 is 0 Å². The van der Waals surface area contributed by atoms with Gasteiger partial charge in [0, 0.05) is 6.42 Å². The molecule has 4 saturated heterocycles. The highest BCUT2D eigenvalue weighted by Gasteiger charge is 2.55. The number of carbonyl (C=O) groups is 1. The quantitative estimate of drug-likeness (QED) is 0.0544. The largest absolute Gasteiger partial charge is 0.463 e. The van der Waals surface area contributed by atoms with Crippen LogP contribution in [0, 0.1) is 0 Å². The Bertz CT molecular complexity index is 1080. The maximum Gasteiger partial charge on any atom is 0.305 e. The van der Waals surface area contributed by atoms with Crippen molar-refractivity contribution in [3.8, 4) is 0 Å². The molecule has 0 aromatic rings. The molecule has 0 aromatic carbocycles. The molecule has 22 nitrogen and oxygen atoms in total. The Balaban J connectivity index is 1.51. The van der Waals surface area contributed by atoms with E-state index < -0.39 is 155 Å². The van der Waals surface area contributed by atoms with Gasteiger partial charge in [-0.15, -0.1) is 0 Å². The molecular formula is C30H52O22. The normalized spacial score (nSPS) is 47.3. The molecule has 4 heterocycles. The molecule has 52 heavy (non-hydrogen) atoms. The zero-order valence-electron chi connectivity index (χ0n) is 28.2. The van der Waals surface area contributed by atoms with Crippen LogP contribution in [0.4, 0.5) is 0 Å². The van der Waals surface area contributed by atoms with Crippen molar-refractivity contribution in [1.29, 1.82) is 0 Å². The average molecular weight is 765 g/mol. The van der Waals surface area contributed by atoms with Crippen LogP contribution in [-0.4, -0.2) is 222 Å². The van der Waals surface area contributed by atoms with E-state index in [4.69, 9.17) is 37.9 Å². The Labute approximate surface area is 297 Å². The summed E-state index contributed by atoms with van der Waals surface area (Å²) < 4.78 is 44.0. The van der Waals surface area contributed by atoms with E-state index in [-0.39, 0.29) is 6.42 Å². The van der Waals surface area contributed by atoms with Crippen LogP contribution in [0.2, 0.25) is 0 Å². The van der Waals surface area contributed by atoms with Crippen LogP contribution in [0.15, 0.2) is 0 Å². The summed E-state index contributed by atoms with van der Waals surface area (Å²) in [5, 5.41) is 135. The molecule has 4 fully saturated rings. The van der Waals surface area contributed by atoms with Crippen molar-refractivity contribution in [2.45, 2.75) is 155 Å². The minimum Gasteiger partial charge on any atom is -0.463 e. The van der Waals surface area contributed by atoms with E-state index >= 15 is 0 Å². The van der Waals surface area contributed by atoms with E-state index in [9.17, 15) is 71.2 Å². The van der Waals surface area contributed by atoms with Gasteiger partial charge in [0.25, 0.3) is 0 Å². The minimum atomic E-state index is -2.05. The van der Waals surface area contributed by atoms with Crippen molar-refractivity contribution in [1.82, 2.24) is 0 Å². The summed E-state index contributed by atoms with van der Waals surface area (Å²) in [6.07, 6.45) is -33.8. The summed E-state index contributed by atoms with van der Waals surface area (Å²) in [5.41, 5.74) is 0. The number of hydrogen-bond donors (Lipinski definition) is 13. The van der Waals surface area contributed by atoms with Crippen molar-refractivity contribution in [3.05, 3.63) is 0 Å². The van der Waals surface area contributed by atoms with E-state index in [2.05, 4.69) is 0 Å². The summed E-state index contributed by atoms with van der Waals surface area (Å²) >= 11 is 0. The fraction of sp³-hybridized carbons (Fsp3) is 0.967. The lowest BCUT2D eigenvalue weighted by Crippen LogP contribution is -2.67. The zero-order chi connectivity index (χ0) is 38.4. The molecule has 0 aromatic heterocycles. The van der Waals surface area contributed by atoms with E-state index in [0.717, 1.165) is 12.8 Å². The second kappa shape index (κ2) is 19.5. The van der Waals surface area contributed by atoms with Gasteiger partial charge in [-0.2, -0.15) is 0 Å². The number of esters is 1. The Morgan fingerprint density at radius 3 is 1.42 bits per heavy atom. The van der Waals surface area contributed by atoms with E-state index in [0.29, 0.717) is 6.42 Å². The summed E-state index contributed by atoms with van der Waals surface area (Å²) in [5.74, 6) is -0.666. The first-order chi connectivity index (χ1) is 24.7. The summed E-state index contributed by atoms with van der Waals surface area (Å²) in [4.78, 5) is 12.5. The third-order valence-corrected chi connectivity index (χ3v) is 9.42. The lowest BCUT2D eigenvalue weighted by Gasteiger charge is -2.49. The second-order valence-corrected chi connectivity index (χ2v) is 13.1. The molecule has 22 heteroatoms. The van der Waals surface area contributed by atoms with Crippen LogP contribution in [-0.2, 0) is 42.7 Å². The van der Waals surface area contributed by atoms with Gasteiger partial charge >= 0.3 is 5.97 Å². The maximum atomic E-state index is 12.5. The van der Waals surface area contributed by atoms with Crippen LogP contribution < -0.4 is 0 Å². The molecule has 13 N–H and O–H groups in total. The fourth-order valence-electron chi connectivity index (χ4n) is 6.30. The zero-order valence-corrected chi connectivity index (χ0v) is 28.2. The van der Waals surface area contributed by atoms with Crippen LogP contribution in [0.1, 0.15) is 32.6 Å². The van der Waals surface area contributed by atoms with Crippen molar-refractivity contribution < 1.29 is 109 Å². The maximum absolute atomic E-state index is 12.5. The Hall–Kier alpha value is -1.33. The summed E-state index contributed by atoms with van der Waals surface area (Å²) in [6.45, 7) is -1.25. The number of rotatable bonds is 15. The van der Waals surface area contributed by atoms with E-state index in [1.165, 1.54) is 0 Å². The highest BCUT2D eigenvalue weighted by atomic mass is 16.8. The average Bonchev–Trinajstić information content (AvgIpc) is 3.13. The van der Waals surface area contributed by atoms with Gasteiger partial charge in [0.2, 0.25) is 0 Å². The van der Waals surface area contributed by atoms with Gasteiger partial charge < -0.3 is 104 Å². The van der Waals surface area contributed by atoms with Gasteiger partial charge in [0.15, 0.2) is 25.2 Å². The molecular weight excluding hydrogens is 712 g/mol. The first-order valence-corrected chi connectivity index (χ1v) is 17.1. The topological polar surface area (TPSA) is 354 Å². The number of ether oxygens (including phenoxy) is 8. The van der Waals surface area contributed by atoms with Crippen molar-refractivity contribution >= 4 is 5.97 Å². The fourth-order valence-corrected chi connectivity index (χ4v) is 6.30. The Morgan fingerprint density at radius 2 is 0.923 bits per heavy atom. The van der Waals surface area contributed by atoms with Gasteiger partial charge in [0.1, 0.15) is 104 Å². The molecule has 0 saturated carbocycles. The lowest BCUT2D eigenvalue weighted by molar-refractivity contribution is -0.387. The molecule has 4 rings (SSSR count). The third-order valence-electron chi connectivity index (χ3n) is 9.42. The Kier molecular flexibility index (Phi) is 16.3. The first kappa shape index (κ1) is 43.4. The first-order valence-electron chi connectivity index (χ1n) is 17.1. The van der Waals surface area contributed by atoms with Gasteiger partial charge in [-0.25, -0.2) is 0 Å². The second-order valence-electron chi connectivity index (χ2n) is 13.1. The van der Waals surface area contributed by atoms with E-state index in [1.807, 2.05) is 6.92 Å². The number of aliphatic hydroxyl groups excluding tert-OH is 13. The summed E-state index contributed by atoms with van der Waals surface area (Å²) in [6, 6.07) is 0. The molecule has 4 aliphatic rings. The monoisotopic (exact) mass is 764 g/mol. The van der Waals surface area contributed by atoms with E-state index in [1.54, 1.807) is 0 Å². The number of unbranched alkanes of at least 4 members (excludes halogenated alkanes) is 2. The van der Waals surface area contributed by atoms with Crippen LogP contribution in [0.5, 0.6) is 0 Å². The SMILES string of the molecule is CCCCCC(=O)OC[C@H]1O[C@H](O[C@H]2[C@H](O)[C@@H](O)C(O)O[C@@H]2CO)[C@H](O)[C@@H](O)[C@@H]1O[C@H]1O[C@H](CO)[C@@H](O[C@H]2O[C@H](CO)[C@@H](O)[C@H](O)[C@H]2O)[C@@H](O)[C@H]1O. The molecule has 0 amide bonds. The predicted molar refractivity (Wildman–Crippen MR) is 162 cm³/mol. The van der Waals surface area contributed by atoms with Crippen molar-refractivity contribution in [3.63, 3.8) is 0 Å². The summed E-state index contributed by atoms with van der Waals surface area (Å²) in [7, 11) is 0. The molecule has 0 aliphatic carbocycles. The predicted octanol–water partition coefficient (Wildman–Crippen LogP) is -7.62. The Morgan fingerprint density at radius 1 is 0.500 bits per heavy atom. The number of hydrogen-bond acceptors (Lipinski definition) is 22. The van der Waals surface area contributed by atoms with Gasteiger partial charge in [-0.05, 0) is 6.42 Å². The lowest BCUT2D eigenvalue weighted by atomic mass is 9.95. The number of aliphatic hydroxyl groups is 13. The molecule has 20 atom stereocenters. The van der Waals surface area contributed by atoms with Gasteiger partial charge in [-0.1, -0.05) is 19.8 Å². The molecule has 0 spiro atoms. The van der Waals surface area contributed by atoms with Crippen LogP contribution in [0.3, 0.4) is 0 Å². The highest BCUT2D eigenvalue weighted by molar-refractivity contribution is 5.69. The third kappa shape index (κ3) is 9.72. The minimum absolute atomic E-state index is 0.0197. The standard InChI is InChI=1S/C30H52O22/c1-2-3-4-5-14(34)45-9-13-26(19(39)23(43)30(49-13)50-24-11(7-32)46-27(44)20(40)17(24)37)52-29-22(42)18(38)25(12(8-33)48-29)51-28-21(41)16(36)15(35)10(6-31)47-28/h10-13,15-33,35-44H,2-9H2,1H3/t10-,11-,12-,13-,15-,16+,17-,18+,19-,20-,21-,22-,23-,24-,25-,26-,27?,28-,29-,30-/m1/s1. The number of carbonyl (C=O) groups excluding carboxylic acids is 1. The van der Waals surface area contributed by atoms with Crippen molar-refractivity contribution in [2.24, 2.45) is 0 Å². The molecule has 4 aliphatic heterocycles. The van der Waals surface area contributed by atoms with Gasteiger partial charge in [-0.3, -0.25) is 4.79 Å². The van der Waals surface area contributed by atoms with Crippen LogP contribution in [0.25, 0.3) is 0 Å². The highest BCUT2D eigenvalue weighted by Crippen LogP contribution is 2.34. The smallest absolute Gasteiger partial charge is 0.305 e. The molecule has 0 bridgehead atoms. The molecule has 0 radical (unpaired) electrons. The molecule has 1 unspecified atom stereocenters. The molecule has 304 valence electrons.